The number of hydrogen-bond donors (Lipinski definition) is 2. The van der Waals surface area contributed by atoms with Crippen molar-refractivity contribution in [2.75, 3.05) is 11.1 Å². The number of benzene rings is 2. The Labute approximate surface area is 115 Å². The zero-order valence-corrected chi connectivity index (χ0v) is 10.7. The maximum absolute atomic E-state index is 13.2. The largest absolute Gasteiger partial charge is 0.395 e. The number of anilines is 2. The molecule has 3 nitrogen and oxygen atoms in total. The molecule has 104 valence electrons. The van der Waals surface area contributed by atoms with Crippen LogP contribution in [0, 0.1) is 11.6 Å². The van der Waals surface area contributed by atoms with Gasteiger partial charge >= 0.3 is 0 Å². The summed E-state index contributed by atoms with van der Waals surface area (Å²) in [7, 11) is 0. The number of rotatable bonds is 4. The average Bonchev–Trinajstić information content (AvgIpc) is 2.47. The van der Waals surface area contributed by atoms with Crippen LogP contribution in [-0.2, 0) is 11.2 Å². The minimum absolute atomic E-state index is 0.0851. The van der Waals surface area contributed by atoms with Crippen molar-refractivity contribution in [2.24, 2.45) is 0 Å². The van der Waals surface area contributed by atoms with Gasteiger partial charge in [-0.2, -0.15) is 0 Å². The molecule has 0 saturated heterocycles. The first-order valence-corrected chi connectivity index (χ1v) is 6.15. The van der Waals surface area contributed by atoms with E-state index < -0.39 is 17.3 Å². The van der Waals surface area contributed by atoms with Crippen molar-refractivity contribution in [2.45, 2.75) is 12.8 Å². The van der Waals surface area contributed by atoms with E-state index in [-0.39, 0.29) is 18.0 Å². The third kappa shape index (κ3) is 3.32. The smallest absolute Gasteiger partial charge is 0.224 e. The molecule has 0 heterocycles. The third-order valence-corrected chi connectivity index (χ3v) is 2.89. The van der Waals surface area contributed by atoms with E-state index in [0.717, 1.165) is 11.6 Å². The van der Waals surface area contributed by atoms with Gasteiger partial charge in [0.05, 0.1) is 11.4 Å². The van der Waals surface area contributed by atoms with E-state index in [0.29, 0.717) is 6.42 Å². The van der Waals surface area contributed by atoms with E-state index >= 15 is 0 Å². The molecule has 0 radical (unpaired) electrons. The summed E-state index contributed by atoms with van der Waals surface area (Å²) < 4.78 is 26.1. The van der Waals surface area contributed by atoms with Gasteiger partial charge in [-0.3, -0.25) is 4.79 Å². The van der Waals surface area contributed by atoms with E-state index in [9.17, 15) is 13.6 Å². The van der Waals surface area contributed by atoms with E-state index in [2.05, 4.69) is 5.32 Å². The Bertz CT molecular complexity index is 615. The summed E-state index contributed by atoms with van der Waals surface area (Å²) in [6.07, 6.45) is 0.804. The van der Waals surface area contributed by atoms with Gasteiger partial charge in [-0.25, -0.2) is 8.78 Å². The van der Waals surface area contributed by atoms with Gasteiger partial charge in [0.1, 0.15) is 0 Å². The molecule has 2 rings (SSSR count). The first kappa shape index (κ1) is 14.0. The molecule has 0 aliphatic rings. The quantitative estimate of drug-likeness (QED) is 0.843. The molecule has 5 heteroatoms. The molecule has 0 saturated carbocycles. The summed E-state index contributed by atoms with van der Waals surface area (Å²) in [4.78, 5) is 11.8. The van der Waals surface area contributed by atoms with E-state index in [1.165, 1.54) is 6.07 Å². The fourth-order valence-corrected chi connectivity index (χ4v) is 1.79. The van der Waals surface area contributed by atoms with Gasteiger partial charge in [0, 0.05) is 6.42 Å². The second-order valence-electron chi connectivity index (χ2n) is 4.36. The highest BCUT2D eigenvalue weighted by Crippen LogP contribution is 2.24. The van der Waals surface area contributed by atoms with E-state index in [4.69, 9.17) is 5.73 Å². The first-order chi connectivity index (χ1) is 9.58. The summed E-state index contributed by atoms with van der Waals surface area (Å²) in [5, 5.41) is 2.48. The number of nitrogens with one attached hydrogen (secondary N) is 1. The molecule has 20 heavy (non-hydrogen) atoms. The van der Waals surface area contributed by atoms with Crippen LogP contribution in [0.25, 0.3) is 0 Å². The summed E-state index contributed by atoms with van der Waals surface area (Å²) >= 11 is 0. The van der Waals surface area contributed by atoms with Crippen molar-refractivity contribution in [3.05, 3.63) is 59.7 Å². The van der Waals surface area contributed by atoms with Crippen molar-refractivity contribution < 1.29 is 13.6 Å². The zero-order chi connectivity index (χ0) is 14.5. The Morgan fingerprint density at radius 1 is 1.10 bits per heavy atom. The molecule has 0 aliphatic carbocycles. The van der Waals surface area contributed by atoms with Gasteiger partial charge < -0.3 is 11.1 Å². The predicted molar refractivity (Wildman–Crippen MR) is 74.2 cm³/mol. The molecule has 0 spiro atoms. The summed E-state index contributed by atoms with van der Waals surface area (Å²) in [6.45, 7) is 0. The van der Waals surface area contributed by atoms with Gasteiger partial charge in [0.15, 0.2) is 11.6 Å². The molecular formula is C15H14F2N2O. The monoisotopic (exact) mass is 276 g/mol. The maximum atomic E-state index is 13.2. The molecule has 2 aromatic carbocycles. The van der Waals surface area contributed by atoms with Crippen LogP contribution in [0.5, 0.6) is 0 Å². The molecule has 3 N–H and O–H groups in total. The highest BCUT2D eigenvalue weighted by molar-refractivity contribution is 5.93. The Morgan fingerprint density at radius 3 is 2.50 bits per heavy atom. The topological polar surface area (TPSA) is 55.1 Å². The van der Waals surface area contributed by atoms with Crippen LogP contribution in [0.2, 0.25) is 0 Å². The number of carbonyl (C=O) groups is 1. The van der Waals surface area contributed by atoms with Crippen molar-refractivity contribution in [3.8, 4) is 0 Å². The van der Waals surface area contributed by atoms with Gasteiger partial charge in [-0.15, -0.1) is 0 Å². The Kier molecular flexibility index (Phi) is 4.30. The highest BCUT2D eigenvalue weighted by Gasteiger charge is 2.12. The molecule has 0 fully saturated rings. The fraction of sp³-hybridized carbons (Fsp3) is 0.133. The Morgan fingerprint density at radius 2 is 1.80 bits per heavy atom. The van der Waals surface area contributed by atoms with Crippen molar-refractivity contribution >= 4 is 17.3 Å². The summed E-state index contributed by atoms with van der Waals surface area (Å²) in [6, 6.07) is 11.7. The van der Waals surface area contributed by atoms with Crippen LogP contribution in [0.1, 0.15) is 12.0 Å². The molecule has 0 unspecified atom stereocenters. The average molecular weight is 276 g/mol. The summed E-state index contributed by atoms with van der Waals surface area (Å²) in [5.41, 5.74) is 6.13. The van der Waals surface area contributed by atoms with Crippen LogP contribution in [0.15, 0.2) is 42.5 Å². The second kappa shape index (κ2) is 6.14. The minimum Gasteiger partial charge on any atom is -0.395 e. The van der Waals surface area contributed by atoms with E-state index in [1.54, 1.807) is 0 Å². The van der Waals surface area contributed by atoms with Crippen molar-refractivity contribution in [1.82, 2.24) is 0 Å². The number of carbonyl (C=O) groups excluding carboxylic acids is 1. The number of nitrogens with two attached hydrogens (primary N) is 1. The van der Waals surface area contributed by atoms with Gasteiger partial charge in [-0.1, -0.05) is 30.3 Å². The number of halogens is 2. The molecule has 0 bridgehead atoms. The molecular weight excluding hydrogens is 262 g/mol. The minimum atomic E-state index is -1.15. The zero-order valence-electron chi connectivity index (χ0n) is 10.7. The first-order valence-electron chi connectivity index (χ1n) is 6.15. The lowest BCUT2D eigenvalue weighted by molar-refractivity contribution is -0.116. The van der Waals surface area contributed by atoms with Crippen LogP contribution in [0.3, 0.4) is 0 Å². The van der Waals surface area contributed by atoms with Crippen LogP contribution >= 0.6 is 0 Å². The SMILES string of the molecule is Nc1c(NC(=O)CCc2ccccc2)ccc(F)c1F. The Balaban J connectivity index is 1.97. The van der Waals surface area contributed by atoms with Crippen LogP contribution in [0.4, 0.5) is 20.2 Å². The summed E-state index contributed by atoms with van der Waals surface area (Å²) in [5.74, 6) is -2.48. The lowest BCUT2D eigenvalue weighted by atomic mass is 10.1. The predicted octanol–water partition coefficient (Wildman–Crippen LogP) is 3.12. The lowest BCUT2D eigenvalue weighted by Crippen LogP contribution is -2.14. The van der Waals surface area contributed by atoms with Gasteiger partial charge in [-0.05, 0) is 24.1 Å². The lowest BCUT2D eigenvalue weighted by Gasteiger charge is -2.09. The molecule has 0 aromatic heterocycles. The van der Waals surface area contributed by atoms with Crippen LogP contribution in [-0.4, -0.2) is 5.91 Å². The third-order valence-electron chi connectivity index (χ3n) is 2.89. The molecule has 0 aliphatic heterocycles. The van der Waals surface area contributed by atoms with Crippen LogP contribution < -0.4 is 11.1 Å². The molecule has 0 atom stereocenters. The molecule has 2 aromatic rings. The van der Waals surface area contributed by atoms with Gasteiger partial charge in [0.2, 0.25) is 5.91 Å². The molecule has 1 amide bonds. The number of nitrogen functional groups attached to an aromatic ring is 1. The normalized spacial score (nSPS) is 10.3. The fourth-order valence-electron chi connectivity index (χ4n) is 1.79. The Hall–Kier alpha value is -2.43. The maximum Gasteiger partial charge on any atom is 0.224 e. The number of amides is 1. The van der Waals surface area contributed by atoms with Gasteiger partial charge in [0.25, 0.3) is 0 Å². The standard InChI is InChI=1S/C15H14F2N2O/c16-11-7-8-12(15(18)14(11)17)19-13(20)9-6-10-4-2-1-3-5-10/h1-5,7-8H,6,9,18H2,(H,19,20). The van der Waals surface area contributed by atoms with Crippen molar-refractivity contribution in [1.29, 1.82) is 0 Å². The number of hydrogen-bond acceptors (Lipinski definition) is 2. The number of aryl methyl sites for hydroxylation is 1. The van der Waals surface area contributed by atoms with Crippen molar-refractivity contribution in [3.63, 3.8) is 0 Å². The highest BCUT2D eigenvalue weighted by atomic mass is 19.2. The van der Waals surface area contributed by atoms with E-state index in [1.807, 2.05) is 30.3 Å². The second-order valence-corrected chi connectivity index (χ2v) is 4.36.